The second kappa shape index (κ2) is 11.7. The quantitative estimate of drug-likeness (QED) is 0.411. The largest absolute Gasteiger partial charge is 0.357 e. The van der Waals surface area contributed by atoms with Gasteiger partial charge in [0, 0.05) is 18.1 Å². The molecule has 0 saturated heterocycles. The highest BCUT2D eigenvalue weighted by Gasteiger charge is 2.32. The molecule has 0 fully saturated rings. The van der Waals surface area contributed by atoms with E-state index in [2.05, 4.69) is 21.2 Å². The van der Waals surface area contributed by atoms with E-state index in [0.29, 0.717) is 5.69 Å². The zero-order valence-electron chi connectivity index (χ0n) is 20.7. The molecule has 1 N–H and O–H groups in total. The fourth-order valence-corrected chi connectivity index (χ4v) is 5.33. The molecule has 190 valence electrons. The number of rotatable bonds is 9. The van der Waals surface area contributed by atoms with Crippen LogP contribution < -0.4 is 9.62 Å². The Bertz CT molecular complexity index is 1310. The fourth-order valence-electron chi connectivity index (χ4n) is 3.66. The van der Waals surface area contributed by atoms with Crippen LogP contribution in [0.4, 0.5) is 5.69 Å². The maximum Gasteiger partial charge on any atom is 0.264 e. The summed E-state index contributed by atoms with van der Waals surface area (Å²) in [4.78, 5) is 27.7. The number of carbonyl (C=O) groups is 2. The number of hydrogen-bond acceptors (Lipinski definition) is 4. The highest BCUT2D eigenvalue weighted by molar-refractivity contribution is 9.10. The summed E-state index contributed by atoms with van der Waals surface area (Å²) in [5.41, 5.74) is 3.17. The number of carbonyl (C=O) groups excluding carboxylic acids is 2. The first-order chi connectivity index (χ1) is 17.0. The minimum Gasteiger partial charge on any atom is -0.357 e. The average Bonchev–Trinajstić information content (AvgIpc) is 2.86. The lowest BCUT2D eigenvalue weighted by molar-refractivity contribution is -0.139. The van der Waals surface area contributed by atoms with Crippen molar-refractivity contribution in [2.24, 2.45) is 0 Å². The molecule has 0 unspecified atom stereocenters. The molecule has 0 bridgehead atoms. The molecule has 3 rings (SSSR count). The molecule has 7 nitrogen and oxygen atoms in total. The van der Waals surface area contributed by atoms with Crippen LogP contribution in [0.2, 0.25) is 0 Å². The number of halogens is 1. The van der Waals surface area contributed by atoms with E-state index in [0.717, 1.165) is 25.5 Å². The number of amides is 2. The summed E-state index contributed by atoms with van der Waals surface area (Å²) in [7, 11) is -2.57. The van der Waals surface area contributed by atoms with Gasteiger partial charge in [-0.25, -0.2) is 8.42 Å². The lowest BCUT2D eigenvalue weighted by Crippen LogP contribution is -2.50. The highest BCUT2D eigenvalue weighted by atomic mass is 79.9. The van der Waals surface area contributed by atoms with E-state index in [1.165, 1.54) is 24.1 Å². The Morgan fingerprint density at radius 2 is 1.42 bits per heavy atom. The van der Waals surface area contributed by atoms with Gasteiger partial charge in [0.15, 0.2) is 0 Å². The van der Waals surface area contributed by atoms with Crippen molar-refractivity contribution in [2.45, 2.75) is 38.3 Å². The summed E-state index contributed by atoms with van der Waals surface area (Å²) in [5, 5.41) is 2.58. The molecule has 0 aliphatic rings. The molecule has 9 heteroatoms. The molecule has 36 heavy (non-hydrogen) atoms. The van der Waals surface area contributed by atoms with Crippen molar-refractivity contribution in [3.63, 3.8) is 0 Å². The SMILES string of the molecule is CNC(=O)[C@@H](C)N(Cc1ccc(C)cc1)C(=O)CN(c1ccc(Br)cc1)S(=O)(=O)c1ccc(C)cc1. The second-order valence-corrected chi connectivity index (χ2v) is 11.4. The number of benzene rings is 3. The Morgan fingerprint density at radius 3 is 1.94 bits per heavy atom. The van der Waals surface area contributed by atoms with E-state index in [9.17, 15) is 18.0 Å². The smallest absolute Gasteiger partial charge is 0.264 e. The minimum absolute atomic E-state index is 0.0771. The number of nitrogens with one attached hydrogen (secondary N) is 1. The van der Waals surface area contributed by atoms with Gasteiger partial charge in [-0.2, -0.15) is 0 Å². The molecule has 0 spiro atoms. The number of nitrogens with zero attached hydrogens (tertiary/aromatic N) is 2. The van der Waals surface area contributed by atoms with Crippen LogP contribution >= 0.6 is 15.9 Å². The zero-order valence-corrected chi connectivity index (χ0v) is 23.1. The van der Waals surface area contributed by atoms with Crippen molar-refractivity contribution < 1.29 is 18.0 Å². The molecule has 0 aromatic heterocycles. The zero-order chi connectivity index (χ0) is 26.5. The molecular formula is C27H30BrN3O4S. The van der Waals surface area contributed by atoms with E-state index in [1.54, 1.807) is 43.3 Å². The molecule has 0 radical (unpaired) electrons. The number of sulfonamides is 1. The molecule has 1 atom stereocenters. The van der Waals surface area contributed by atoms with Gasteiger partial charge in [0.05, 0.1) is 10.6 Å². The Hall–Kier alpha value is -3.17. The number of aryl methyl sites for hydroxylation is 2. The first-order valence-corrected chi connectivity index (χ1v) is 13.7. The van der Waals surface area contributed by atoms with Crippen molar-refractivity contribution in [1.29, 1.82) is 0 Å². The van der Waals surface area contributed by atoms with Gasteiger partial charge in [-0.3, -0.25) is 13.9 Å². The number of hydrogen-bond donors (Lipinski definition) is 1. The molecule has 3 aromatic carbocycles. The topological polar surface area (TPSA) is 86.8 Å². The predicted octanol–water partition coefficient (Wildman–Crippen LogP) is 4.42. The van der Waals surface area contributed by atoms with E-state index in [1.807, 2.05) is 38.1 Å². The number of likely N-dealkylation sites (N-methyl/N-ethyl adjacent to an activating group) is 1. The number of anilines is 1. The van der Waals surface area contributed by atoms with E-state index >= 15 is 0 Å². The third-order valence-corrected chi connectivity index (χ3v) is 8.21. The van der Waals surface area contributed by atoms with Crippen molar-refractivity contribution in [1.82, 2.24) is 10.2 Å². The fraction of sp³-hybridized carbons (Fsp3) is 0.259. The van der Waals surface area contributed by atoms with Gasteiger partial charge in [0.2, 0.25) is 11.8 Å². The molecule has 2 amide bonds. The second-order valence-electron chi connectivity index (χ2n) is 8.60. The first kappa shape index (κ1) is 27.4. The Balaban J connectivity index is 2.01. The van der Waals surface area contributed by atoms with Crippen LogP contribution in [0.3, 0.4) is 0 Å². The molecule has 0 aliphatic carbocycles. The third-order valence-electron chi connectivity index (χ3n) is 5.89. The van der Waals surface area contributed by atoms with Gasteiger partial charge in [-0.15, -0.1) is 0 Å². The average molecular weight is 573 g/mol. The standard InChI is InChI=1S/C27H30BrN3O4S/c1-19-5-9-22(10-6-19)17-30(21(3)27(33)29-4)26(32)18-31(24-13-11-23(28)12-14-24)36(34,35)25-15-7-20(2)8-16-25/h5-16,21H,17-18H2,1-4H3,(H,29,33)/t21-/m1/s1. The van der Waals surface area contributed by atoms with Gasteiger partial charge in [0.1, 0.15) is 12.6 Å². The first-order valence-electron chi connectivity index (χ1n) is 11.4. The van der Waals surface area contributed by atoms with Crippen LogP contribution in [-0.2, 0) is 26.2 Å². The van der Waals surface area contributed by atoms with Gasteiger partial charge in [-0.05, 0) is 62.7 Å². The van der Waals surface area contributed by atoms with Crippen molar-refractivity contribution >= 4 is 43.5 Å². The Labute approximate surface area is 221 Å². The molecule has 0 heterocycles. The van der Waals surface area contributed by atoms with E-state index < -0.39 is 28.5 Å². The lowest BCUT2D eigenvalue weighted by atomic mass is 10.1. The van der Waals surface area contributed by atoms with Crippen LogP contribution in [0, 0.1) is 13.8 Å². The van der Waals surface area contributed by atoms with Crippen LogP contribution in [0.25, 0.3) is 0 Å². The van der Waals surface area contributed by atoms with Gasteiger partial charge in [-0.1, -0.05) is 63.5 Å². The van der Waals surface area contributed by atoms with E-state index in [4.69, 9.17) is 0 Å². The van der Waals surface area contributed by atoms with E-state index in [-0.39, 0.29) is 17.3 Å². The van der Waals surface area contributed by atoms with Crippen molar-refractivity contribution in [2.75, 3.05) is 17.9 Å². The molecule has 0 saturated carbocycles. The lowest BCUT2D eigenvalue weighted by Gasteiger charge is -2.31. The highest BCUT2D eigenvalue weighted by Crippen LogP contribution is 2.26. The minimum atomic E-state index is -4.07. The van der Waals surface area contributed by atoms with Crippen LogP contribution in [0.5, 0.6) is 0 Å². The molecular weight excluding hydrogens is 542 g/mol. The molecule has 3 aromatic rings. The summed E-state index contributed by atoms with van der Waals surface area (Å²) in [6, 6.07) is 20.0. The monoisotopic (exact) mass is 571 g/mol. The summed E-state index contributed by atoms with van der Waals surface area (Å²) in [6.45, 7) is 5.16. The van der Waals surface area contributed by atoms with Crippen LogP contribution in [0.1, 0.15) is 23.6 Å². The Morgan fingerprint density at radius 1 is 0.889 bits per heavy atom. The summed E-state index contributed by atoms with van der Waals surface area (Å²) in [5.74, 6) is -0.836. The summed E-state index contributed by atoms with van der Waals surface area (Å²) in [6.07, 6.45) is 0. The van der Waals surface area contributed by atoms with Crippen molar-refractivity contribution in [3.8, 4) is 0 Å². The maximum absolute atomic E-state index is 13.7. The third kappa shape index (κ3) is 6.53. The Kier molecular flexibility index (Phi) is 8.92. The van der Waals surface area contributed by atoms with Gasteiger partial charge < -0.3 is 10.2 Å². The van der Waals surface area contributed by atoms with Gasteiger partial charge >= 0.3 is 0 Å². The molecule has 0 aliphatic heterocycles. The van der Waals surface area contributed by atoms with Crippen LogP contribution in [-0.4, -0.2) is 44.8 Å². The summed E-state index contributed by atoms with van der Waals surface area (Å²) >= 11 is 3.37. The van der Waals surface area contributed by atoms with Crippen molar-refractivity contribution in [3.05, 3.63) is 94.0 Å². The van der Waals surface area contributed by atoms with Gasteiger partial charge in [0.25, 0.3) is 10.0 Å². The van der Waals surface area contributed by atoms with Crippen LogP contribution in [0.15, 0.2) is 82.2 Å². The summed E-state index contributed by atoms with van der Waals surface area (Å²) < 4.78 is 29.3. The predicted molar refractivity (Wildman–Crippen MR) is 145 cm³/mol. The maximum atomic E-state index is 13.7. The normalized spacial score (nSPS) is 12.0.